The molecule has 0 saturated heterocycles. The van der Waals surface area contributed by atoms with Gasteiger partial charge in [-0.3, -0.25) is 5.43 Å². The molecule has 0 atom stereocenters. The van der Waals surface area contributed by atoms with Crippen LogP contribution in [-0.4, -0.2) is 24.7 Å². The van der Waals surface area contributed by atoms with Crippen molar-refractivity contribution in [3.05, 3.63) is 24.3 Å². The van der Waals surface area contributed by atoms with E-state index in [0.29, 0.717) is 5.75 Å². The lowest BCUT2D eigenvalue weighted by Crippen LogP contribution is -1.93. The number of oxime groups is 1. The van der Waals surface area contributed by atoms with Gasteiger partial charge in [0.1, 0.15) is 5.75 Å². The van der Waals surface area contributed by atoms with Crippen molar-refractivity contribution in [2.45, 2.75) is 0 Å². The zero-order valence-corrected chi connectivity index (χ0v) is 7.71. The fraction of sp³-hybridized carbons (Fsp3) is 0.111. The summed E-state index contributed by atoms with van der Waals surface area (Å²) in [6.07, 6.45) is 2.48. The van der Waals surface area contributed by atoms with Gasteiger partial charge in [-0.15, -0.1) is 0 Å². The quantitative estimate of drug-likeness (QED) is 0.433. The molecular weight excluding hydrogens is 182 g/mol. The number of ether oxygens (including phenoxy) is 1. The molecule has 2 N–H and O–H groups in total. The number of methoxy groups -OCH3 is 1. The number of nitrogens with zero attached hydrogens (tertiary/aromatic N) is 2. The number of hydrogen-bond acceptors (Lipinski definition) is 5. The van der Waals surface area contributed by atoms with Gasteiger partial charge in [-0.2, -0.15) is 5.10 Å². The number of rotatable bonds is 4. The highest BCUT2D eigenvalue weighted by atomic mass is 16.5. The van der Waals surface area contributed by atoms with Gasteiger partial charge in [0.25, 0.3) is 0 Å². The fourth-order valence-electron chi connectivity index (χ4n) is 0.907. The van der Waals surface area contributed by atoms with Crippen molar-refractivity contribution in [1.82, 2.24) is 0 Å². The third-order valence-electron chi connectivity index (χ3n) is 1.50. The largest absolute Gasteiger partial charge is 0.495 e. The number of benzene rings is 1. The molecule has 0 radical (unpaired) electrons. The molecule has 0 aliphatic carbocycles. The van der Waals surface area contributed by atoms with Crippen molar-refractivity contribution in [3.63, 3.8) is 0 Å². The summed E-state index contributed by atoms with van der Waals surface area (Å²) in [5.41, 5.74) is 3.49. The van der Waals surface area contributed by atoms with E-state index in [0.717, 1.165) is 11.9 Å². The predicted molar refractivity (Wildman–Crippen MR) is 55.4 cm³/mol. The topological polar surface area (TPSA) is 66.2 Å². The van der Waals surface area contributed by atoms with Crippen LogP contribution in [0.25, 0.3) is 0 Å². The van der Waals surface area contributed by atoms with Crippen molar-refractivity contribution in [2.75, 3.05) is 12.5 Å². The van der Waals surface area contributed by atoms with E-state index in [1.54, 1.807) is 7.11 Å². The van der Waals surface area contributed by atoms with Crippen LogP contribution in [0.4, 0.5) is 5.69 Å². The molecule has 1 aromatic rings. The summed E-state index contributed by atoms with van der Waals surface area (Å²) < 4.78 is 5.08. The normalized spacial score (nSPS) is 10.9. The molecule has 0 aliphatic heterocycles. The van der Waals surface area contributed by atoms with E-state index in [-0.39, 0.29) is 0 Å². The molecule has 0 fully saturated rings. The first kappa shape index (κ1) is 10.0. The molecule has 14 heavy (non-hydrogen) atoms. The summed E-state index contributed by atoms with van der Waals surface area (Å²) in [6.45, 7) is 0. The van der Waals surface area contributed by atoms with Gasteiger partial charge >= 0.3 is 0 Å². The Labute approximate surface area is 81.7 Å². The Balaban J connectivity index is 2.66. The molecule has 5 nitrogen and oxygen atoms in total. The maximum Gasteiger partial charge on any atom is 0.143 e. The molecular formula is C9H11N3O2. The summed E-state index contributed by atoms with van der Waals surface area (Å²) in [5.74, 6) is 0.700. The standard InChI is InChI=1S/C9H11N3O2/c1-14-9-5-3-2-4-8(9)12-10-6-7-11-13/h2-7,12-13H,1H3. The van der Waals surface area contributed by atoms with Crippen LogP contribution >= 0.6 is 0 Å². The summed E-state index contributed by atoms with van der Waals surface area (Å²) in [5, 5.41) is 14.6. The monoisotopic (exact) mass is 193 g/mol. The molecule has 0 saturated carbocycles. The number of para-hydroxylation sites is 2. The third kappa shape index (κ3) is 2.78. The minimum Gasteiger partial charge on any atom is -0.495 e. The molecule has 0 spiro atoms. The molecule has 0 unspecified atom stereocenters. The SMILES string of the molecule is COc1ccccc1NN=CC=NO. The van der Waals surface area contributed by atoms with E-state index in [2.05, 4.69) is 15.7 Å². The second-order valence-electron chi connectivity index (χ2n) is 2.35. The van der Waals surface area contributed by atoms with E-state index in [1.807, 2.05) is 24.3 Å². The second kappa shape index (κ2) is 5.58. The van der Waals surface area contributed by atoms with Crippen LogP contribution in [0.1, 0.15) is 0 Å². The predicted octanol–water partition coefficient (Wildman–Crippen LogP) is 1.55. The smallest absolute Gasteiger partial charge is 0.143 e. The molecule has 0 aliphatic rings. The lowest BCUT2D eigenvalue weighted by Gasteiger charge is -2.05. The zero-order chi connectivity index (χ0) is 10.2. The highest BCUT2D eigenvalue weighted by Gasteiger charge is 1.97. The average Bonchev–Trinajstić information content (AvgIpc) is 2.25. The van der Waals surface area contributed by atoms with Gasteiger partial charge in [-0.25, -0.2) is 0 Å². The molecule has 0 heterocycles. The van der Waals surface area contributed by atoms with Gasteiger partial charge in [0.15, 0.2) is 0 Å². The zero-order valence-electron chi connectivity index (χ0n) is 7.71. The van der Waals surface area contributed by atoms with Crippen molar-refractivity contribution in [2.24, 2.45) is 10.3 Å². The number of nitrogens with one attached hydrogen (secondary N) is 1. The molecule has 0 bridgehead atoms. The minimum atomic E-state index is 0.700. The van der Waals surface area contributed by atoms with Gasteiger partial charge in [-0.1, -0.05) is 17.3 Å². The van der Waals surface area contributed by atoms with Crippen LogP contribution in [0.3, 0.4) is 0 Å². The molecule has 74 valence electrons. The van der Waals surface area contributed by atoms with Gasteiger partial charge in [0.05, 0.1) is 25.2 Å². The lowest BCUT2D eigenvalue weighted by molar-refractivity contribution is 0.322. The molecule has 0 amide bonds. The van der Waals surface area contributed by atoms with Gasteiger partial charge < -0.3 is 9.94 Å². The Bertz CT molecular complexity index is 337. The fourth-order valence-corrected chi connectivity index (χ4v) is 0.907. The first-order valence-electron chi connectivity index (χ1n) is 3.96. The van der Waals surface area contributed by atoms with E-state index in [4.69, 9.17) is 9.94 Å². The highest BCUT2D eigenvalue weighted by Crippen LogP contribution is 2.22. The van der Waals surface area contributed by atoms with E-state index in [1.165, 1.54) is 6.21 Å². The maximum atomic E-state index is 8.09. The summed E-state index contributed by atoms with van der Waals surface area (Å²) in [4.78, 5) is 0. The summed E-state index contributed by atoms with van der Waals surface area (Å²) in [6, 6.07) is 7.37. The van der Waals surface area contributed by atoms with E-state index < -0.39 is 0 Å². The second-order valence-corrected chi connectivity index (χ2v) is 2.35. The molecule has 0 aromatic heterocycles. The van der Waals surface area contributed by atoms with Crippen LogP contribution in [0.2, 0.25) is 0 Å². The minimum absolute atomic E-state index is 0.700. The van der Waals surface area contributed by atoms with Crippen molar-refractivity contribution < 1.29 is 9.94 Å². The number of hydrogen-bond donors (Lipinski definition) is 2. The Morgan fingerprint density at radius 2 is 2.14 bits per heavy atom. The highest BCUT2D eigenvalue weighted by molar-refractivity contribution is 6.15. The first-order valence-corrected chi connectivity index (χ1v) is 3.96. The van der Waals surface area contributed by atoms with E-state index in [9.17, 15) is 0 Å². The first-order chi connectivity index (χ1) is 6.88. The van der Waals surface area contributed by atoms with Gasteiger partial charge in [0, 0.05) is 0 Å². The maximum absolute atomic E-state index is 8.09. The van der Waals surface area contributed by atoms with Crippen LogP contribution in [0.15, 0.2) is 34.5 Å². The summed E-state index contributed by atoms with van der Waals surface area (Å²) in [7, 11) is 1.58. The van der Waals surface area contributed by atoms with Crippen LogP contribution < -0.4 is 10.2 Å². The van der Waals surface area contributed by atoms with Crippen molar-refractivity contribution >= 4 is 18.1 Å². The van der Waals surface area contributed by atoms with Crippen molar-refractivity contribution in [1.29, 1.82) is 0 Å². The molecule has 1 aromatic carbocycles. The van der Waals surface area contributed by atoms with Crippen molar-refractivity contribution in [3.8, 4) is 5.75 Å². The molecule has 1 rings (SSSR count). The van der Waals surface area contributed by atoms with E-state index >= 15 is 0 Å². The lowest BCUT2D eigenvalue weighted by atomic mass is 10.3. The van der Waals surface area contributed by atoms with Gasteiger partial charge in [0.2, 0.25) is 0 Å². The third-order valence-corrected chi connectivity index (χ3v) is 1.50. The number of anilines is 1. The Hall–Kier alpha value is -2.04. The Morgan fingerprint density at radius 3 is 2.86 bits per heavy atom. The average molecular weight is 193 g/mol. The van der Waals surface area contributed by atoms with Crippen LogP contribution in [0, 0.1) is 0 Å². The Morgan fingerprint density at radius 1 is 1.36 bits per heavy atom. The van der Waals surface area contributed by atoms with Crippen LogP contribution in [0.5, 0.6) is 5.75 Å². The Kier molecular flexibility index (Phi) is 4.00. The summed E-state index contributed by atoms with van der Waals surface area (Å²) >= 11 is 0. The van der Waals surface area contributed by atoms with Crippen LogP contribution in [-0.2, 0) is 0 Å². The van der Waals surface area contributed by atoms with Gasteiger partial charge in [-0.05, 0) is 12.1 Å². The molecule has 5 heteroatoms. The number of hydrazone groups is 1.